The minimum atomic E-state index is 0.00272. The predicted molar refractivity (Wildman–Crippen MR) is 79.8 cm³/mol. The van der Waals surface area contributed by atoms with E-state index >= 15 is 0 Å². The van der Waals surface area contributed by atoms with Gasteiger partial charge in [0.25, 0.3) is 0 Å². The lowest BCUT2D eigenvalue weighted by molar-refractivity contribution is -0.122. The Labute approximate surface area is 127 Å². The van der Waals surface area contributed by atoms with Crippen molar-refractivity contribution in [3.8, 4) is 0 Å². The molecule has 1 N–H and O–H groups in total. The third kappa shape index (κ3) is 4.32. The summed E-state index contributed by atoms with van der Waals surface area (Å²) in [5.74, 6) is 0.0421. The number of tetrazole rings is 1. The zero-order chi connectivity index (χ0) is 15.2. The molecule has 114 valence electrons. The van der Waals surface area contributed by atoms with E-state index in [-0.39, 0.29) is 11.9 Å². The van der Waals surface area contributed by atoms with Crippen molar-refractivity contribution in [3.63, 3.8) is 0 Å². The van der Waals surface area contributed by atoms with Gasteiger partial charge in [0.15, 0.2) is 0 Å². The van der Waals surface area contributed by atoms with Crippen LogP contribution in [-0.2, 0) is 11.3 Å². The first kappa shape index (κ1) is 15.6. The average Bonchev–Trinajstić information content (AvgIpc) is 3.07. The number of aromatic nitrogens is 5. The number of carbonyl (C=O) groups is 1. The maximum Gasteiger partial charge on any atom is 0.220 e. The van der Waals surface area contributed by atoms with Crippen LogP contribution >= 0.6 is 11.3 Å². The molecule has 0 aliphatic heterocycles. The van der Waals surface area contributed by atoms with Gasteiger partial charge in [-0.25, -0.2) is 9.67 Å². The lowest BCUT2D eigenvalue weighted by atomic mass is 10.2. The van der Waals surface area contributed by atoms with Gasteiger partial charge in [0.1, 0.15) is 11.3 Å². The second-order valence-electron chi connectivity index (χ2n) is 4.90. The number of amides is 1. The molecule has 21 heavy (non-hydrogen) atoms. The second-order valence-corrected chi connectivity index (χ2v) is 6.13. The van der Waals surface area contributed by atoms with E-state index in [2.05, 4.69) is 39.7 Å². The molecule has 1 atom stereocenters. The van der Waals surface area contributed by atoms with Crippen LogP contribution in [-0.4, -0.2) is 31.1 Å². The Balaban J connectivity index is 1.82. The van der Waals surface area contributed by atoms with E-state index in [9.17, 15) is 4.79 Å². The van der Waals surface area contributed by atoms with Crippen LogP contribution in [0, 0.1) is 13.8 Å². The summed E-state index contributed by atoms with van der Waals surface area (Å²) in [4.78, 5) is 17.7. The van der Waals surface area contributed by atoms with Crippen LogP contribution in [0.25, 0.3) is 0 Å². The predicted octanol–water partition coefficient (Wildman–Crippen LogP) is 1.79. The number of rotatable bonds is 7. The van der Waals surface area contributed by atoms with E-state index in [4.69, 9.17) is 0 Å². The van der Waals surface area contributed by atoms with Gasteiger partial charge in [-0.05, 0) is 37.1 Å². The second kappa shape index (κ2) is 7.26. The summed E-state index contributed by atoms with van der Waals surface area (Å²) in [6.07, 6.45) is 3.56. The quantitative estimate of drug-likeness (QED) is 0.843. The van der Waals surface area contributed by atoms with E-state index < -0.39 is 0 Å². The van der Waals surface area contributed by atoms with Gasteiger partial charge in [-0.2, -0.15) is 0 Å². The third-order valence-electron chi connectivity index (χ3n) is 3.27. The lowest BCUT2D eigenvalue weighted by Gasteiger charge is -2.14. The van der Waals surface area contributed by atoms with Crippen LogP contribution in [0.4, 0.5) is 0 Å². The maximum absolute atomic E-state index is 12.0. The molecular weight excluding hydrogens is 288 g/mol. The van der Waals surface area contributed by atoms with Gasteiger partial charge in [-0.3, -0.25) is 4.79 Å². The fourth-order valence-electron chi connectivity index (χ4n) is 1.94. The zero-order valence-corrected chi connectivity index (χ0v) is 13.4. The molecule has 0 unspecified atom stereocenters. The maximum atomic E-state index is 12.0. The molecule has 0 spiro atoms. The first-order chi connectivity index (χ1) is 10.1. The highest BCUT2D eigenvalue weighted by atomic mass is 32.1. The molecule has 0 saturated carbocycles. The monoisotopic (exact) mass is 308 g/mol. The summed E-state index contributed by atoms with van der Waals surface area (Å²) in [7, 11) is 0. The number of aryl methyl sites for hydroxylation is 3. The lowest BCUT2D eigenvalue weighted by Crippen LogP contribution is -2.28. The van der Waals surface area contributed by atoms with E-state index in [1.54, 1.807) is 22.3 Å². The largest absolute Gasteiger partial charge is 0.347 e. The molecule has 0 fully saturated rings. The number of thiazole rings is 1. The zero-order valence-electron chi connectivity index (χ0n) is 12.5. The van der Waals surface area contributed by atoms with Crippen molar-refractivity contribution in [2.75, 3.05) is 0 Å². The highest BCUT2D eigenvalue weighted by Gasteiger charge is 2.17. The minimum absolute atomic E-state index is 0.00272. The van der Waals surface area contributed by atoms with Crippen molar-refractivity contribution in [1.29, 1.82) is 0 Å². The molecule has 0 aromatic carbocycles. The Morgan fingerprint density at radius 2 is 2.29 bits per heavy atom. The summed E-state index contributed by atoms with van der Waals surface area (Å²) in [5, 5.41) is 14.9. The van der Waals surface area contributed by atoms with Gasteiger partial charge in [0.05, 0.1) is 11.7 Å². The highest BCUT2D eigenvalue weighted by molar-refractivity contribution is 7.11. The van der Waals surface area contributed by atoms with Gasteiger partial charge >= 0.3 is 0 Å². The van der Waals surface area contributed by atoms with Crippen molar-refractivity contribution in [2.24, 2.45) is 0 Å². The Kier molecular flexibility index (Phi) is 5.38. The van der Waals surface area contributed by atoms with Gasteiger partial charge in [0, 0.05) is 17.8 Å². The van der Waals surface area contributed by atoms with Crippen LogP contribution < -0.4 is 5.32 Å². The number of hydrogen-bond donors (Lipinski definition) is 1. The summed E-state index contributed by atoms with van der Waals surface area (Å²) < 4.78 is 1.62. The van der Waals surface area contributed by atoms with Crippen LogP contribution in [0.5, 0.6) is 0 Å². The Morgan fingerprint density at radius 1 is 1.48 bits per heavy atom. The van der Waals surface area contributed by atoms with Gasteiger partial charge < -0.3 is 5.32 Å². The van der Waals surface area contributed by atoms with Crippen molar-refractivity contribution in [2.45, 2.75) is 52.6 Å². The van der Waals surface area contributed by atoms with Crippen LogP contribution in [0.1, 0.15) is 47.8 Å². The van der Waals surface area contributed by atoms with Gasteiger partial charge in [0.2, 0.25) is 5.91 Å². The molecule has 0 bridgehead atoms. The summed E-state index contributed by atoms with van der Waals surface area (Å²) in [5.41, 5.74) is 1.04. The molecule has 1 amide bonds. The smallest absolute Gasteiger partial charge is 0.220 e. The molecule has 2 aromatic heterocycles. The molecule has 0 saturated heterocycles. The van der Waals surface area contributed by atoms with Crippen LogP contribution in [0.15, 0.2) is 6.33 Å². The minimum Gasteiger partial charge on any atom is -0.347 e. The van der Waals surface area contributed by atoms with Gasteiger partial charge in [-0.15, -0.1) is 16.4 Å². The number of nitrogens with zero attached hydrogens (tertiary/aromatic N) is 5. The molecule has 0 radical (unpaired) electrons. The van der Waals surface area contributed by atoms with Crippen molar-refractivity contribution in [1.82, 2.24) is 30.5 Å². The number of nitrogens with one attached hydrogen (secondary N) is 1. The van der Waals surface area contributed by atoms with Crippen molar-refractivity contribution >= 4 is 17.2 Å². The van der Waals surface area contributed by atoms with Crippen LogP contribution in [0.2, 0.25) is 0 Å². The summed E-state index contributed by atoms with van der Waals surface area (Å²) in [6.45, 7) is 6.75. The molecular formula is C13H20N6OS. The molecule has 8 heteroatoms. The fourth-order valence-corrected chi connectivity index (χ4v) is 2.99. The molecule has 2 rings (SSSR count). The summed E-state index contributed by atoms with van der Waals surface area (Å²) in [6, 6.07) is 0.00272. The normalized spacial score (nSPS) is 12.3. The fraction of sp³-hybridized carbons (Fsp3) is 0.615. The van der Waals surface area contributed by atoms with E-state index in [1.807, 2.05) is 6.92 Å². The first-order valence-corrected chi connectivity index (χ1v) is 7.85. The van der Waals surface area contributed by atoms with Crippen molar-refractivity contribution in [3.05, 3.63) is 21.9 Å². The average molecular weight is 308 g/mol. The standard InChI is InChI=1S/C13H20N6OS/c1-4-11(13-15-9(2)10(3)21-13)16-12(20)6-5-7-19-8-14-17-18-19/h8,11H,4-7H2,1-3H3,(H,16,20)/t11-/m0/s1. The summed E-state index contributed by atoms with van der Waals surface area (Å²) >= 11 is 1.65. The number of carbonyl (C=O) groups excluding carboxylic acids is 1. The highest BCUT2D eigenvalue weighted by Crippen LogP contribution is 2.24. The Hall–Kier alpha value is -1.83. The third-order valence-corrected chi connectivity index (χ3v) is 4.46. The van der Waals surface area contributed by atoms with Crippen LogP contribution in [0.3, 0.4) is 0 Å². The van der Waals surface area contributed by atoms with Gasteiger partial charge in [-0.1, -0.05) is 6.92 Å². The van der Waals surface area contributed by atoms with E-state index in [0.717, 1.165) is 17.1 Å². The Morgan fingerprint density at radius 3 is 2.86 bits per heavy atom. The first-order valence-electron chi connectivity index (χ1n) is 7.04. The number of hydrogen-bond acceptors (Lipinski definition) is 6. The molecule has 0 aliphatic carbocycles. The van der Waals surface area contributed by atoms with E-state index in [0.29, 0.717) is 19.4 Å². The SMILES string of the molecule is CC[C@H](NC(=O)CCCn1cnnn1)c1nc(C)c(C)s1. The topological polar surface area (TPSA) is 85.6 Å². The van der Waals surface area contributed by atoms with Crippen molar-refractivity contribution < 1.29 is 4.79 Å². The molecule has 7 nitrogen and oxygen atoms in total. The molecule has 2 heterocycles. The van der Waals surface area contributed by atoms with E-state index in [1.165, 1.54) is 4.88 Å². The molecule has 0 aliphatic rings. The molecule has 2 aromatic rings. The Bertz CT molecular complexity index is 560.